The van der Waals surface area contributed by atoms with Crippen molar-refractivity contribution in [2.24, 2.45) is 0 Å². The molecule has 0 amide bonds. The number of hydrogen-bond donors (Lipinski definition) is 1. The smallest absolute Gasteiger partial charge is 0.0675 e. The van der Waals surface area contributed by atoms with Crippen LogP contribution in [0.15, 0.2) is 11.6 Å². The van der Waals surface area contributed by atoms with Crippen molar-refractivity contribution in [3.05, 3.63) is 11.6 Å². The lowest BCUT2D eigenvalue weighted by Crippen LogP contribution is -2.23. The van der Waals surface area contributed by atoms with Crippen molar-refractivity contribution in [2.75, 3.05) is 20.2 Å². The number of rotatable bonds is 5. The number of likely N-dealkylation sites (N-methyl/N-ethyl adjacent to an activating group) is 1. The molecule has 1 atom stereocenters. The summed E-state index contributed by atoms with van der Waals surface area (Å²) < 4.78 is 5.29. The molecule has 1 unspecified atom stereocenters. The molecule has 0 aromatic rings. The molecule has 0 saturated heterocycles. The molecule has 0 fully saturated rings. The third-order valence-electron chi connectivity index (χ3n) is 1.06. The molecule has 1 N–H and O–H groups in total. The first-order chi connectivity index (χ1) is 4.81. The van der Waals surface area contributed by atoms with Crippen LogP contribution in [-0.4, -0.2) is 26.3 Å². The van der Waals surface area contributed by atoms with Crippen LogP contribution in [0.25, 0.3) is 0 Å². The summed E-state index contributed by atoms with van der Waals surface area (Å²) in [5.74, 6) is 0. The summed E-state index contributed by atoms with van der Waals surface area (Å²) in [6.07, 6.45) is 2.02. The Morgan fingerprint density at radius 2 is 2.40 bits per heavy atom. The van der Waals surface area contributed by atoms with Crippen molar-refractivity contribution < 1.29 is 4.74 Å². The van der Waals surface area contributed by atoms with Crippen molar-refractivity contribution in [3.63, 3.8) is 0 Å². The van der Waals surface area contributed by atoms with E-state index in [0.717, 1.165) is 6.54 Å². The summed E-state index contributed by atoms with van der Waals surface area (Å²) in [4.78, 5) is 0. The van der Waals surface area contributed by atoms with Crippen LogP contribution in [0.3, 0.4) is 0 Å². The summed E-state index contributed by atoms with van der Waals surface area (Å²) >= 11 is 5.29. The quantitative estimate of drug-likeness (QED) is 0.661. The van der Waals surface area contributed by atoms with Crippen molar-refractivity contribution >= 4 is 11.6 Å². The Morgan fingerprint density at radius 1 is 1.70 bits per heavy atom. The molecule has 0 aliphatic carbocycles. The lowest BCUT2D eigenvalue weighted by molar-refractivity contribution is 0.0895. The van der Waals surface area contributed by atoms with E-state index in [-0.39, 0.29) is 6.10 Å². The van der Waals surface area contributed by atoms with Gasteiger partial charge in [0.2, 0.25) is 0 Å². The second kappa shape index (κ2) is 7.06. The topological polar surface area (TPSA) is 21.3 Å². The minimum Gasteiger partial charge on any atom is -0.373 e. The number of nitrogens with one attached hydrogen (secondary N) is 1. The fourth-order valence-corrected chi connectivity index (χ4v) is 0.675. The van der Waals surface area contributed by atoms with Gasteiger partial charge in [0, 0.05) is 12.1 Å². The van der Waals surface area contributed by atoms with Gasteiger partial charge in [-0.25, -0.2) is 0 Å². The summed E-state index contributed by atoms with van der Waals surface area (Å²) in [6, 6.07) is 0. The monoisotopic (exact) mass is 163 g/mol. The summed E-state index contributed by atoms with van der Waals surface area (Å²) in [5.41, 5.74) is 1.46. The summed E-state index contributed by atoms with van der Waals surface area (Å²) in [5, 5.41) is 3.01. The predicted molar refractivity (Wildman–Crippen MR) is 44.3 cm³/mol. The zero-order valence-corrected chi connectivity index (χ0v) is 7.19. The Labute approximate surface area is 67.2 Å². The SMILES string of the molecule is CNCC(C)OCC=CCl. The van der Waals surface area contributed by atoms with Crippen LogP contribution in [0.4, 0.5) is 0 Å². The van der Waals surface area contributed by atoms with E-state index in [1.807, 2.05) is 14.0 Å². The number of ether oxygens (including phenoxy) is 1. The van der Waals surface area contributed by atoms with Crippen LogP contribution in [0.1, 0.15) is 6.92 Å². The van der Waals surface area contributed by atoms with E-state index in [4.69, 9.17) is 16.3 Å². The molecule has 0 radical (unpaired) electrons. The van der Waals surface area contributed by atoms with Crippen LogP contribution in [0, 0.1) is 0 Å². The number of halogens is 1. The average Bonchev–Trinajstić information content (AvgIpc) is 1.89. The van der Waals surface area contributed by atoms with Gasteiger partial charge >= 0.3 is 0 Å². The molecule has 3 heteroatoms. The maximum atomic E-state index is 5.29. The van der Waals surface area contributed by atoms with Crippen LogP contribution >= 0.6 is 11.6 Å². The molecule has 0 aromatic heterocycles. The van der Waals surface area contributed by atoms with Gasteiger partial charge in [0.15, 0.2) is 0 Å². The van der Waals surface area contributed by atoms with Gasteiger partial charge in [-0.3, -0.25) is 0 Å². The number of hydrogen-bond acceptors (Lipinski definition) is 2. The van der Waals surface area contributed by atoms with Crippen LogP contribution in [-0.2, 0) is 4.74 Å². The van der Waals surface area contributed by atoms with E-state index in [0.29, 0.717) is 6.61 Å². The molecule has 0 bridgehead atoms. The van der Waals surface area contributed by atoms with E-state index in [2.05, 4.69) is 5.32 Å². The largest absolute Gasteiger partial charge is 0.373 e. The first-order valence-electron chi connectivity index (χ1n) is 3.32. The highest BCUT2D eigenvalue weighted by atomic mass is 35.5. The Hall–Kier alpha value is -0.0500. The van der Waals surface area contributed by atoms with Crippen molar-refractivity contribution in [2.45, 2.75) is 13.0 Å². The molecule has 0 aliphatic rings. The highest BCUT2D eigenvalue weighted by molar-refractivity contribution is 6.25. The Bertz CT molecular complexity index is 95.6. The normalized spacial score (nSPS) is 14.3. The molecule has 0 spiro atoms. The fourth-order valence-electron chi connectivity index (χ4n) is 0.603. The Balaban J connectivity index is 3.12. The molecule has 0 rings (SSSR count). The molecule has 0 saturated carbocycles. The highest BCUT2D eigenvalue weighted by Gasteiger charge is 1.96. The Morgan fingerprint density at radius 3 is 2.90 bits per heavy atom. The molecule has 0 aliphatic heterocycles. The first kappa shape index (κ1) is 9.95. The molecule has 2 nitrogen and oxygen atoms in total. The zero-order valence-electron chi connectivity index (χ0n) is 6.43. The fraction of sp³-hybridized carbons (Fsp3) is 0.714. The van der Waals surface area contributed by atoms with E-state index < -0.39 is 0 Å². The van der Waals surface area contributed by atoms with Gasteiger partial charge in [0.1, 0.15) is 0 Å². The molecule has 0 heterocycles. The van der Waals surface area contributed by atoms with Gasteiger partial charge in [0.25, 0.3) is 0 Å². The highest BCUT2D eigenvalue weighted by Crippen LogP contribution is 1.88. The van der Waals surface area contributed by atoms with Crippen LogP contribution in [0.5, 0.6) is 0 Å². The van der Waals surface area contributed by atoms with E-state index in [1.165, 1.54) is 5.54 Å². The minimum atomic E-state index is 0.248. The third kappa shape index (κ3) is 6.08. The van der Waals surface area contributed by atoms with Crippen LogP contribution in [0.2, 0.25) is 0 Å². The molecule has 10 heavy (non-hydrogen) atoms. The Kier molecular flexibility index (Phi) is 7.03. The van der Waals surface area contributed by atoms with Crippen molar-refractivity contribution in [1.82, 2.24) is 5.32 Å². The molecular weight excluding hydrogens is 150 g/mol. The minimum absolute atomic E-state index is 0.248. The maximum absolute atomic E-state index is 5.29. The third-order valence-corrected chi connectivity index (χ3v) is 1.24. The van der Waals surface area contributed by atoms with Crippen molar-refractivity contribution in [1.29, 1.82) is 0 Å². The lowest BCUT2D eigenvalue weighted by Gasteiger charge is -2.09. The van der Waals surface area contributed by atoms with Gasteiger partial charge in [-0.05, 0) is 20.0 Å². The average molecular weight is 164 g/mol. The van der Waals surface area contributed by atoms with Gasteiger partial charge in [-0.2, -0.15) is 0 Å². The van der Waals surface area contributed by atoms with E-state index >= 15 is 0 Å². The predicted octanol–water partition coefficient (Wildman–Crippen LogP) is 1.36. The maximum Gasteiger partial charge on any atom is 0.0675 e. The van der Waals surface area contributed by atoms with Gasteiger partial charge in [-0.1, -0.05) is 11.6 Å². The first-order valence-corrected chi connectivity index (χ1v) is 3.76. The standard InChI is InChI=1S/C7H14ClNO/c1-7(6-9-2)10-5-3-4-8/h3-4,7,9H,5-6H2,1-2H3. The molecule has 0 aromatic carbocycles. The zero-order chi connectivity index (χ0) is 7.82. The van der Waals surface area contributed by atoms with Crippen LogP contribution < -0.4 is 5.32 Å². The van der Waals surface area contributed by atoms with E-state index in [9.17, 15) is 0 Å². The van der Waals surface area contributed by atoms with Crippen molar-refractivity contribution in [3.8, 4) is 0 Å². The van der Waals surface area contributed by atoms with Gasteiger partial charge in [-0.15, -0.1) is 0 Å². The van der Waals surface area contributed by atoms with E-state index in [1.54, 1.807) is 6.08 Å². The lowest BCUT2D eigenvalue weighted by atomic mass is 10.4. The summed E-state index contributed by atoms with van der Waals surface area (Å²) in [7, 11) is 1.90. The van der Waals surface area contributed by atoms with Gasteiger partial charge in [0.05, 0.1) is 12.7 Å². The summed E-state index contributed by atoms with van der Waals surface area (Å²) in [6.45, 7) is 3.47. The second-order valence-corrected chi connectivity index (χ2v) is 2.32. The second-order valence-electron chi connectivity index (χ2n) is 2.06. The molecule has 60 valence electrons. The van der Waals surface area contributed by atoms with Gasteiger partial charge < -0.3 is 10.1 Å². The molecular formula is C7H14ClNO.